The Balaban J connectivity index is 1.43. The van der Waals surface area contributed by atoms with Gasteiger partial charge in [-0.25, -0.2) is 4.98 Å². The molecule has 26 heavy (non-hydrogen) atoms. The van der Waals surface area contributed by atoms with Crippen LogP contribution < -0.4 is 4.90 Å². The molecule has 0 N–H and O–H groups in total. The minimum absolute atomic E-state index is 0.0446. The summed E-state index contributed by atoms with van der Waals surface area (Å²) in [4.78, 5) is 28.6. The molecular weight excluding hydrogens is 356 g/mol. The lowest BCUT2D eigenvalue weighted by atomic mass is 10.2. The molecule has 0 saturated carbocycles. The Morgan fingerprint density at radius 1 is 1.12 bits per heavy atom. The molecule has 9 heteroatoms. The first-order chi connectivity index (χ1) is 12.7. The smallest absolute Gasteiger partial charge is 0.316 e. The third-order valence-corrected chi connectivity index (χ3v) is 4.48. The summed E-state index contributed by atoms with van der Waals surface area (Å²) < 4.78 is 5.11. The number of carbonyl (C=O) groups is 1. The number of amides is 1. The maximum Gasteiger partial charge on any atom is 0.316 e. The van der Waals surface area contributed by atoms with Gasteiger partial charge in [0.2, 0.25) is 5.82 Å². The Morgan fingerprint density at radius 3 is 2.65 bits per heavy atom. The van der Waals surface area contributed by atoms with Crippen LogP contribution in [0.1, 0.15) is 10.7 Å². The predicted molar refractivity (Wildman–Crippen MR) is 94.9 cm³/mol. The fourth-order valence-electron chi connectivity index (χ4n) is 2.82. The standard InChI is InChI=1S/C17H15ClN6O2/c18-12-3-1-2-4-14(12)23-7-9-24(10-8-23)17(25)16-21-15(22-26-16)13-11-19-5-6-20-13/h1-6,11H,7-10H2. The van der Waals surface area contributed by atoms with Gasteiger partial charge in [0.05, 0.1) is 16.9 Å². The zero-order chi connectivity index (χ0) is 17.9. The minimum Gasteiger partial charge on any atom is -0.367 e. The summed E-state index contributed by atoms with van der Waals surface area (Å²) in [5.41, 5.74) is 1.43. The average molecular weight is 371 g/mol. The zero-order valence-electron chi connectivity index (χ0n) is 13.7. The number of halogens is 1. The molecule has 3 heterocycles. The highest BCUT2D eigenvalue weighted by molar-refractivity contribution is 6.33. The van der Waals surface area contributed by atoms with Crippen molar-refractivity contribution >= 4 is 23.2 Å². The van der Waals surface area contributed by atoms with Crippen molar-refractivity contribution < 1.29 is 9.32 Å². The lowest BCUT2D eigenvalue weighted by Gasteiger charge is -2.35. The molecule has 1 amide bonds. The van der Waals surface area contributed by atoms with E-state index in [2.05, 4.69) is 25.0 Å². The number of hydrogen-bond acceptors (Lipinski definition) is 7. The van der Waals surface area contributed by atoms with Crippen LogP contribution in [-0.2, 0) is 0 Å². The van der Waals surface area contributed by atoms with Crippen molar-refractivity contribution in [2.24, 2.45) is 0 Å². The van der Waals surface area contributed by atoms with E-state index in [-0.39, 0.29) is 17.6 Å². The van der Waals surface area contributed by atoms with Crippen LogP contribution in [0, 0.1) is 0 Å². The van der Waals surface area contributed by atoms with Crippen LogP contribution in [0.5, 0.6) is 0 Å². The van der Waals surface area contributed by atoms with E-state index in [1.165, 1.54) is 12.4 Å². The first kappa shape index (κ1) is 16.5. The Kier molecular flexibility index (Phi) is 4.49. The lowest BCUT2D eigenvalue weighted by Crippen LogP contribution is -2.49. The number of benzene rings is 1. The second-order valence-electron chi connectivity index (χ2n) is 5.74. The van der Waals surface area contributed by atoms with Crippen LogP contribution >= 0.6 is 11.6 Å². The first-order valence-corrected chi connectivity index (χ1v) is 8.49. The highest BCUT2D eigenvalue weighted by atomic mass is 35.5. The molecule has 1 aromatic carbocycles. The topological polar surface area (TPSA) is 88.2 Å². The first-order valence-electron chi connectivity index (χ1n) is 8.11. The SMILES string of the molecule is O=C(c1nc(-c2cnccn2)no1)N1CCN(c2ccccc2Cl)CC1. The number of carbonyl (C=O) groups excluding carboxylic acids is 1. The van der Waals surface area contributed by atoms with Crippen molar-refractivity contribution in [1.29, 1.82) is 0 Å². The third-order valence-electron chi connectivity index (χ3n) is 4.16. The molecule has 1 saturated heterocycles. The predicted octanol–water partition coefficient (Wildman–Crippen LogP) is 2.14. The van der Waals surface area contributed by atoms with E-state index in [0.29, 0.717) is 36.9 Å². The maximum atomic E-state index is 12.6. The molecule has 0 aliphatic carbocycles. The summed E-state index contributed by atoms with van der Waals surface area (Å²) in [6.07, 6.45) is 4.59. The molecule has 8 nitrogen and oxygen atoms in total. The highest BCUT2D eigenvalue weighted by Crippen LogP contribution is 2.26. The highest BCUT2D eigenvalue weighted by Gasteiger charge is 2.27. The normalized spacial score (nSPS) is 14.5. The van der Waals surface area contributed by atoms with Crippen LogP contribution in [-0.4, -0.2) is 57.1 Å². The van der Waals surface area contributed by atoms with Crippen LogP contribution in [0.2, 0.25) is 5.02 Å². The average Bonchev–Trinajstić information content (AvgIpc) is 3.19. The van der Waals surface area contributed by atoms with Crippen LogP contribution in [0.25, 0.3) is 11.5 Å². The van der Waals surface area contributed by atoms with Gasteiger partial charge in [-0.3, -0.25) is 9.78 Å². The van der Waals surface area contributed by atoms with Gasteiger partial charge in [0.25, 0.3) is 0 Å². The fraction of sp³-hybridized carbons (Fsp3) is 0.235. The molecule has 4 rings (SSSR count). The van der Waals surface area contributed by atoms with Crippen molar-refractivity contribution in [2.75, 3.05) is 31.1 Å². The second kappa shape index (κ2) is 7.09. The molecule has 0 spiro atoms. The molecular formula is C17H15ClN6O2. The zero-order valence-corrected chi connectivity index (χ0v) is 14.5. The van der Waals surface area contributed by atoms with Crippen molar-refractivity contribution in [3.63, 3.8) is 0 Å². The summed E-state index contributed by atoms with van der Waals surface area (Å²) in [5.74, 6) is -0.0838. The molecule has 1 aliphatic rings. The van der Waals surface area contributed by atoms with Gasteiger partial charge in [0, 0.05) is 38.6 Å². The molecule has 1 fully saturated rings. The van der Waals surface area contributed by atoms with Crippen LogP contribution in [0.15, 0.2) is 47.4 Å². The van der Waals surface area contributed by atoms with E-state index in [0.717, 1.165) is 5.69 Å². The number of aromatic nitrogens is 4. The van der Waals surface area contributed by atoms with Crippen molar-refractivity contribution in [3.05, 3.63) is 53.8 Å². The fourth-order valence-corrected chi connectivity index (χ4v) is 3.08. The molecule has 0 unspecified atom stereocenters. The van der Waals surface area contributed by atoms with Crippen molar-refractivity contribution in [2.45, 2.75) is 0 Å². The Hall–Kier alpha value is -3.00. The third kappa shape index (κ3) is 3.23. The Morgan fingerprint density at radius 2 is 1.92 bits per heavy atom. The van der Waals surface area contributed by atoms with E-state index < -0.39 is 0 Å². The van der Waals surface area contributed by atoms with Gasteiger partial charge in [-0.15, -0.1) is 0 Å². The number of nitrogens with zero attached hydrogens (tertiary/aromatic N) is 6. The van der Waals surface area contributed by atoms with Gasteiger partial charge >= 0.3 is 11.8 Å². The quantitative estimate of drug-likeness (QED) is 0.697. The van der Waals surface area contributed by atoms with Crippen LogP contribution in [0.3, 0.4) is 0 Å². The number of rotatable bonds is 3. The van der Waals surface area contributed by atoms with Gasteiger partial charge in [0.1, 0.15) is 5.69 Å². The van der Waals surface area contributed by atoms with E-state index in [1.54, 1.807) is 11.1 Å². The number of para-hydroxylation sites is 1. The van der Waals surface area contributed by atoms with Gasteiger partial charge in [0.15, 0.2) is 0 Å². The van der Waals surface area contributed by atoms with E-state index in [1.807, 2.05) is 24.3 Å². The Labute approximate surface area is 154 Å². The largest absolute Gasteiger partial charge is 0.367 e. The molecule has 1 aliphatic heterocycles. The van der Waals surface area contributed by atoms with Gasteiger partial charge < -0.3 is 14.3 Å². The molecule has 3 aromatic rings. The number of piperazine rings is 1. The monoisotopic (exact) mass is 370 g/mol. The van der Waals surface area contributed by atoms with E-state index in [4.69, 9.17) is 16.1 Å². The number of anilines is 1. The molecule has 0 atom stereocenters. The van der Waals surface area contributed by atoms with Gasteiger partial charge in [-0.05, 0) is 12.1 Å². The second-order valence-corrected chi connectivity index (χ2v) is 6.15. The van der Waals surface area contributed by atoms with Gasteiger partial charge in [-0.2, -0.15) is 4.98 Å². The van der Waals surface area contributed by atoms with E-state index in [9.17, 15) is 4.79 Å². The Bertz CT molecular complexity index is 908. The van der Waals surface area contributed by atoms with Crippen LogP contribution in [0.4, 0.5) is 5.69 Å². The molecule has 0 radical (unpaired) electrons. The summed E-state index contributed by atoms with van der Waals surface area (Å²) in [6.45, 7) is 2.46. The summed E-state index contributed by atoms with van der Waals surface area (Å²) >= 11 is 6.25. The van der Waals surface area contributed by atoms with Crippen molar-refractivity contribution in [1.82, 2.24) is 25.0 Å². The van der Waals surface area contributed by atoms with E-state index >= 15 is 0 Å². The minimum atomic E-state index is -0.286. The van der Waals surface area contributed by atoms with Gasteiger partial charge in [-0.1, -0.05) is 28.9 Å². The summed E-state index contributed by atoms with van der Waals surface area (Å²) in [7, 11) is 0. The molecule has 0 bridgehead atoms. The summed E-state index contributed by atoms with van der Waals surface area (Å²) in [6, 6.07) is 7.69. The van der Waals surface area contributed by atoms with Crippen molar-refractivity contribution in [3.8, 4) is 11.5 Å². The number of hydrogen-bond donors (Lipinski definition) is 0. The maximum absolute atomic E-state index is 12.6. The summed E-state index contributed by atoms with van der Waals surface area (Å²) in [5, 5.41) is 4.52. The lowest BCUT2D eigenvalue weighted by molar-refractivity contribution is 0.0696. The molecule has 132 valence electrons. The molecule has 2 aromatic heterocycles.